The fourth-order valence-corrected chi connectivity index (χ4v) is 2.88. The first-order chi connectivity index (χ1) is 11.6. The zero-order chi connectivity index (χ0) is 17.1. The van der Waals surface area contributed by atoms with E-state index in [0.717, 1.165) is 18.4 Å². The van der Waals surface area contributed by atoms with Crippen LogP contribution in [0.25, 0.3) is 0 Å². The number of hydrogen-bond acceptors (Lipinski definition) is 3. The van der Waals surface area contributed by atoms with Gasteiger partial charge in [-0.1, -0.05) is 19.1 Å². The van der Waals surface area contributed by atoms with Gasteiger partial charge in [0.25, 0.3) is 0 Å². The van der Waals surface area contributed by atoms with Crippen LogP contribution in [-0.2, 0) is 4.79 Å². The van der Waals surface area contributed by atoms with E-state index in [1.165, 1.54) is 19.2 Å². The standard InChI is InChI=1S/C19H21FN2O2/c1-3-16(13-5-4-6-15(20)9-13)18(23)22-17-10-14(12-7-8-12)11-21-19(17)24-2/h4-6,9-12,16H,3,7-8H2,1-2H3,(H,22,23)/t16-/m0/s1. The number of benzene rings is 1. The minimum absolute atomic E-state index is 0.184. The van der Waals surface area contributed by atoms with Crippen LogP contribution in [0, 0.1) is 5.82 Å². The quantitative estimate of drug-likeness (QED) is 0.863. The molecule has 1 aromatic carbocycles. The van der Waals surface area contributed by atoms with Crippen molar-refractivity contribution in [1.82, 2.24) is 4.98 Å². The van der Waals surface area contributed by atoms with Gasteiger partial charge in [0.1, 0.15) is 11.5 Å². The van der Waals surface area contributed by atoms with Crippen molar-refractivity contribution in [1.29, 1.82) is 0 Å². The van der Waals surface area contributed by atoms with E-state index in [9.17, 15) is 9.18 Å². The van der Waals surface area contributed by atoms with Gasteiger partial charge in [-0.05, 0) is 54.5 Å². The molecule has 24 heavy (non-hydrogen) atoms. The molecule has 1 amide bonds. The Morgan fingerprint density at radius 2 is 2.21 bits per heavy atom. The van der Waals surface area contributed by atoms with E-state index < -0.39 is 5.92 Å². The highest BCUT2D eigenvalue weighted by atomic mass is 19.1. The molecule has 3 rings (SSSR count). The molecule has 5 heteroatoms. The number of ether oxygens (including phenoxy) is 1. The molecule has 0 unspecified atom stereocenters. The highest BCUT2D eigenvalue weighted by molar-refractivity contribution is 5.96. The molecule has 1 aromatic heterocycles. The number of nitrogens with zero attached hydrogens (tertiary/aromatic N) is 1. The van der Waals surface area contributed by atoms with Gasteiger partial charge in [0.05, 0.1) is 13.0 Å². The Bertz CT molecular complexity index is 744. The van der Waals surface area contributed by atoms with E-state index in [1.807, 2.05) is 13.0 Å². The van der Waals surface area contributed by atoms with Gasteiger partial charge < -0.3 is 10.1 Å². The molecule has 1 N–H and O–H groups in total. The molecule has 0 saturated heterocycles. The molecule has 1 heterocycles. The third-order valence-electron chi connectivity index (χ3n) is 4.35. The number of halogens is 1. The molecule has 1 saturated carbocycles. The number of pyridine rings is 1. The lowest BCUT2D eigenvalue weighted by Crippen LogP contribution is -2.21. The summed E-state index contributed by atoms with van der Waals surface area (Å²) >= 11 is 0. The number of anilines is 1. The van der Waals surface area contributed by atoms with E-state index in [4.69, 9.17) is 4.74 Å². The number of amides is 1. The molecule has 1 fully saturated rings. The molecule has 1 aliphatic rings. The molecule has 0 radical (unpaired) electrons. The Morgan fingerprint density at radius 1 is 1.42 bits per heavy atom. The predicted octanol–water partition coefficient (Wildman–Crippen LogP) is 4.24. The van der Waals surface area contributed by atoms with Crippen molar-refractivity contribution < 1.29 is 13.9 Å². The fraction of sp³-hybridized carbons (Fsp3) is 0.368. The molecule has 2 aromatic rings. The number of hydrogen-bond donors (Lipinski definition) is 1. The number of methoxy groups -OCH3 is 1. The van der Waals surface area contributed by atoms with Crippen molar-refractivity contribution in [3.8, 4) is 5.88 Å². The minimum Gasteiger partial charge on any atom is -0.480 e. The van der Waals surface area contributed by atoms with Gasteiger partial charge in [-0.2, -0.15) is 0 Å². The lowest BCUT2D eigenvalue weighted by molar-refractivity contribution is -0.117. The van der Waals surface area contributed by atoms with Crippen molar-refractivity contribution in [3.63, 3.8) is 0 Å². The van der Waals surface area contributed by atoms with Crippen molar-refractivity contribution >= 4 is 11.6 Å². The Balaban J connectivity index is 1.83. The number of carbonyl (C=O) groups is 1. The van der Waals surface area contributed by atoms with Gasteiger partial charge in [0, 0.05) is 6.20 Å². The Hall–Kier alpha value is -2.43. The first-order valence-electron chi connectivity index (χ1n) is 8.22. The van der Waals surface area contributed by atoms with Gasteiger partial charge in [-0.15, -0.1) is 0 Å². The zero-order valence-electron chi connectivity index (χ0n) is 13.9. The second-order valence-corrected chi connectivity index (χ2v) is 6.10. The van der Waals surface area contributed by atoms with Crippen LogP contribution in [0.5, 0.6) is 5.88 Å². The van der Waals surface area contributed by atoms with E-state index in [2.05, 4.69) is 10.3 Å². The Kier molecular flexibility index (Phi) is 4.79. The van der Waals surface area contributed by atoms with Crippen LogP contribution < -0.4 is 10.1 Å². The average molecular weight is 328 g/mol. The SMILES string of the molecule is CC[C@H](C(=O)Nc1cc(C2CC2)cnc1OC)c1cccc(F)c1. The second kappa shape index (κ2) is 6.99. The van der Waals surface area contributed by atoms with Crippen LogP contribution in [0.2, 0.25) is 0 Å². The van der Waals surface area contributed by atoms with Crippen molar-refractivity contribution in [2.24, 2.45) is 0 Å². The largest absolute Gasteiger partial charge is 0.480 e. The van der Waals surface area contributed by atoms with Crippen molar-refractivity contribution in [3.05, 3.63) is 53.5 Å². The molecule has 0 bridgehead atoms. The van der Waals surface area contributed by atoms with Crippen LogP contribution in [0.3, 0.4) is 0 Å². The summed E-state index contributed by atoms with van der Waals surface area (Å²) in [6, 6.07) is 8.10. The van der Waals surface area contributed by atoms with Gasteiger partial charge >= 0.3 is 0 Å². The normalized spacial score (nSPS) is 15.0. The maximum Gasteiger partial charge on any atom is 0.237 e. The summed E-state index contributed by atoms with van der Waals surface area (Å²) in [5.74, 6) is -0.0223. The number of rotatable bonds is 6. The molecular formula is C19H21FN2O2. The molecule has 1 aliphatic carbocycles. The van der Waals surface area contributed by atoms with Crippen LogP contribution >= 0.6 is 0 Å². The van der Waals surface area contributed by atoms with Crippen LogP contribution in [-0.4, -0.2) is 18.0 Å². The zero-order valence-corrected chi connectivity index (χ0v) is 13.9. The van der Waals surface area contributed by atoms with Gasteiger partial charge in [0.2, 0.25) is 11.8 Å². The first kappa shape index (κ1) is 16.4. The fourth-order valence-electron chi connectivity index (χ4n) is 2.88. The van der Waals surface area contributed by atoms with E-state index in [-0.39, 0.29) is 11.7 Å². The summed E-state index contributed by atoms with van der Waals surface area (Å²) in [5.41, 5.74) is 2.35. The maximum absolute atomic E-state index is 13.5. The van der Waals surface area contributed by atoms with Crippen LogP contribution in [0.1, 0.15) is 49.1 Å². The highest BCUT2D eigenvalue weighted by Gasteiger charge is 2.26. The third-order valence-corrected chi connectivity index (χ3v) is 4.35. The average Bonchev–Trinajstić information content (AvgIpc) is 3.40. The van der Waals surface area contributed by atoms with E-state index >= 15 is 0 Å². The van der Waals surface area contributed by atoms with Crippen molar-refractivity contribution in [2.75, 3.05) is 12.4 Å². The highest BCUT2D eigenvalue weighted by Crippen LogP contribution is 2.41. The van der Waals surface area contributed by atoms with E-state index in [1.54, 1.807) is 18.3 Å². The minimum atomic E-state index is -0.421. The monoisotopic (exact) mass is 328 g/mol. The summed E-state index contributed by atoms with van der Waals surface area (Å²) in [6.07, 6.45) is 4.69. The summed E-state index contributed by atoms with van der Waals surface area (Å²) in [5, 5.41) is 2.90. The Morgan fingerprint density at radius 3 is 2.83 bits per heavy atom. The first-order valence-corrected chi connectivity index (χ1v) is 8.22. The Labute approximate surface area is 141 Å². The molecule has 1 atom stereocenters. The smallest absolute Gasteiger partial charge is 0.237 e. The van der Waals surface area contributed by atoms with Crippen molar-refractivity contribution in [2.45, 2.75) is 38.0 Å². The lowest BCUT2D eigenvalue weighted by Gasteiger charge is -2.17. The molecule has 0 spiro atoms. The third kappa shape index (κ3) is 3.55. The summed E-state index contributed by atoms with van der Waals surface area (Å²) in [7, 11) is 1.53. The lowest BCUT2D eigenvalue weighted by atomic mass is 9.95. The number of nitrogens with one attached hydrogen (secondary N) is 1. The van der Waals surface area contributed by atoms with Gasteiger partial charge in [0.15, 0.2) is 0 Å². The molecule has 0 aliphatic heterocycles. The molecule has 4 nitrogen and oxygen atoms in total. The molecular weight excluding hydrogens is 307 g/mol. The number of carbonyl (C=O) groups excluding carboxylic acids is 1. The van der Waals surface area contributed by atoms with E-state index in [0.29, 0.717) is 29.5 Å². The summed E-state index contributed by atoms with van der Waals surface area (Å²) in [6.45, 7) is 1.91. The topological polar surface area (TPSA) is 51.2 Å². The summed E-state index contributed by atoms with van der Waals surface area (Å²) < 4.78 is 18.7. The second-order valence-electron chi connectivity index (χ2n) is 6.10. The number of aromatic nitrogens is 1. The maximum atomic E-state index is 13.5. The predicted molar refractivity (Wildman–Crippen MR) is 90.8 cm³/mol. The van der Waals surface area contributed by atoms with Gasteiger partial charge in [-0.25, -0.2) is 9.37 Å². The van der Waals surface area contributed by atoms with Gasteiger partial charge in [-0.3, -0.25) is 4.79 Å². The van der Waals surface area contributed by atoms with Crippen LogP contribution in [0.4, 0.5) is 10.1 Å². The molecule has 126 valence electrons. The van der Waals surface area contributed by atoms with Crippen LogP contribution in [0.15, 0.2) is 36.5 Å². The summed E-state index contributed by atoms with van der Waals surface area (Å²) in [4.78, 5) is 17.0.